The monoisotopic (exact) mass is 459 g/mol. The van der Waals surface area contributed by atoms with Gasteiger partial charge in [0, 0.05) is 28.0 Å². The number of anilines is 1. The molecule has 0 N–H and O–H groups in total. The highest BCUT2D eigenvalue weighted by Crippen LogP contribution is 2.43. The third kappa shape index (κ3) is 3.72. The van der Waals surface area contributed by atoms with Crippen molar-refractivity contribution in [2.45, 2.75) is 16.7 Å². The van der Waals surface area contributed by atoms with Crippen LogP contribution in [0.3, 0.4) is 0 Å². The van der Waals surface area contributed by atoms with E-state index in [1.54, 1.807) is 36.9 Å². The van der Waals surface area contributed by atoms with Crippen LogP contribution in [0.5, 0.6) is 11.5 Å². The molecule has 5 rings (SSSR count). The normalized spacial score (nSPS) is 12.7. The Morgan fingerprint density at radius 3 is 2.61 bits per heavy atom. The summed E-state index contributed by atoms with van der Waals surface area (Å²) in [5, 5.41) is 4.19. The predicted molar refractivity (Wildman–Crippen MR) is 126 cm³/mol. The van der Waals surface area contributed by atoms with Gasteiger partial charge in [0.15, 0.2) is 0 Å². The fraction of sp³-hybridized carbons (Fsp3) is 0.160. The molecule has 33 heavy (non-hydrogen) atoms. The summed E-state index contributed by atoms with van der Waals surface area (Å²) in [7, 11) is 3.18. The first-order chi connectivity index (χ1) is 16.1. The lowest BCUT2D eigenvalue weighted by Gasteiger charge is -2.21. The molecule has 0 saturated heterocycles. The van der Waals surface area contributed by atoms with E-state index in [0.717, 1.165) is 21.0 Å². The van der Waals surface area contributed by atoms with Crippen LogP contribution in [0.15, 0.2) is 75.0 Å². The number of nitrogens with zero attached hydrogens (tertiary/aromatic N) is 3. The summed E-state index contributed by atoms with van der Waals surface area (Å²) < 4.78 is 16.3. The summed E-state index contributed by atoms with van der Waals surface area (Å²) in [6.45, 7) is 2.55. The second-order valence-electron chi connectivity index (χ2n) is 7.32. The Balaban J connectivity index is 1.54. The van der Waals surface area contributed by atoms with E-state index >= 15 is 0 Å². The van der Waals surface area contributed by atoms with E-state index in [2.05, 4.69) is 10.1 Å². The molecule has 0 spiro atoms. The largest absolute Gasteiger partial charge is 0.497 e. The lowest BCUT2D eigenvalue weighted by molar-refractivity contribution is 0.0985. The molecular formula is C25H21N3O4S. The number of aromatic nitrogens is 2. The maximum atomic E-state index is 13.1. The van der Waals surface area contributed by atoms with Crippen LogP contribution in [0, 0.1) is 0 Å². The molecular weight excluding hydrogens is 438 g/mol. The van der Waals surface area contributed by atoms with Gasteiger partial charge < -0.3 is 18.9 Å². The van der Waals surface area contributed by atoms with E-state index in [4.69, 9.17) is 14.0 Å². The van der Waals surface area contributed by atoms with Crippen molar-refractivity contribution in [1.29, 1.82) is 0 Å². The maximum absolute atomic E-state index is 13.1. The van der Waals surface area contributed by atoms with E-state index in [1.165, 1.54) is 0 Å². The van der Waals surface area contributed by atoms with Crippen molar-refractivity contribution >= 4 is 23.4 Å². The zero-order valence-electron chi connectivity index (χ0n) is 18.4. The first-order valence-electron chi connectivity index (χ1n) is 10.4. The van der Waals surface area contributed by atoms with Crippen LogP contribution in [0.2, 0.25) is 0 Å². The number of hydrogen-bond acceptors (Lipinski definition) is 7. The average molecular weight is 460 g/mol. The quantitative estimate of drug-likeness (QED) is 0.387. The van der Waals surface area contributed by atoms with Crippen molar-refractivity contribution in [3.05, 3.63) is 66.2 Å². The van der Waals surface area contributed by atoms with Gasteiger partial charge in [-0.25, -0.2) is 0 Å². The smallest absolute Gasteiger partial charge is 0.262 e. The van der Waals surface area contributed by atoms with Gasteiger partial charge in [-0.2, -0.15) is 4.98 Å². The zero-order chi connectivity index (χ0) is 22.9. The van der Waals surface area contributed by atoms with Gasteiger partial charge in [-0.15, -0.1) is 0 Å². The van der Waals surface area contributed by atoms with E-state index < -0.39 is 0 Å². The number of rotatable bonds is 5. The van der Waals surface area contributed by atoms with E-state index in [1.807, 2.05) is 61.5 Å². The van der Waals surface area contributed by atoms with Crippen LogP contribution in [-0.4, -0.2) is 36.8 Å². The van der Waals surface area contributed by atoms with Gasteiger partial charge in [0.05, 0.1) is 31.0 Å². The van der Waals surface area contributed by atoms with Gasteiger partial charge >= 0.3 is 0 Å². The summed E-state index contributed by atoms with van der Waals surface area (Å²) in [4.78, 5) is 21.4. The van der Waals surface area contributed by atoms with Gasteiger partial charge in [-0.05, 0) is 49.4 Å². The highest BCUT2D eigenvalue weighted by molar-refractivity contribution is 7.99. The number of ether oxygens (including phenoxy) is 2. The lowest BCUT2D eigenvalue weighted by Crippen LogP contribution is -2.30. The van der Waals surface area contributed by atoms with Crippen molar-refractivity contribution in [2.75, 3.05) is 25.7 Å². The molecule has 7 nitrogen and oxygen atoms in total. The Bertz CT molecular complexity index is 1350. The van der Waals surface area contributed by atoms with Crippen LogP contribution in [0.25, 0.3) is 22.8 Å². The van der Waals surface area contributed by atoms with Gasteiger partial charge in [0.25, 0.3) is 11.8 Å². The lowest BCUT2D eigenvalue weighted by atomic mass is 10.1. The molecule has 1 amide bonds. The number of methoxy groups -OCH3 is 2. The molecule has 0 unspecified atom stereocenters. The van der Waals surface area contributed by atoms with Gasteiger partial charge in [-0.3, -0.25) is 4.79 Å². The third-order valence-electron chi connectivity index (χ3n) is 5.47. The molecule has 8 heteroatoms. The molecule has 1 aromatic heterocycles. The van der Waals surface area contributed by atoms with Crippen molar-refractivity contribution in [1.82, 2.24) is 10.1 Å². The van der Waals surface area contributed by atoms with Crippen molar-refractivity contribution in [3.8, 4) is 34.3 Å². The molecule has 166 valence electrons. The number of fused-ring (bicyclic) bond motifs is 2. The number of hydrogen-bond donors (Lipinski definition) is 0. The van der Waals surface area contributed by atoms with Crippen molar-refractivity contribution in [2.24, 2.45) is 0 Å². The summed E-state index contributed by atoms with van der Waals surface area (Å²) in [5.41, 5.74) is 3.05. The fourth-order valence-corrected chi connectivity index (χ4v) is 4.92. The van der Waals surface area contributed by atoms with Crippen LogP contribution in [0.1, 0.15) is 17.3 Å². The maximum Gasteiger partial charge on any atom is 0.262 e. The molecule has 0 aliphatic carbocycles. The molecule has 0 radical (unpaired) electrons. The van der Waals surface area contributed by atoms with Crippen molar-refractivity contribution < 1.29 is 18.8 Å². The first kappa shape index (κ1) is 21.1. The Morgan fingerprint density at radius 2 is 1.82 bits per heavy atom. The molecule has 0 atom stereocenters. The Hall–Kier alpha value is -3.78. The Labute approximate surface area is 195 Å². The third-order valence-corrected chi connectivity index (χ3v) is 6.60. The van der Waals surface area contributed by atoms with E-state index in [-0.39, 0.29) is 5.91 Å². The zero-order valence-corrected chi connectivity index (χ0v) is 19.2. The molecule has 2 heterocycles. The van der Waals surface area contributed by atoms with Gasteiger partial charge in [0.2, 0.25) is 5.82 Å². The number of benzene rings is 3. The number of carbonyl (C=O) groups is 1. The highest BCUT2D eigenvalue weighted by atomic mass is 32.2. The Kier molecular flexibility index (Phi) is 5.51. The number of amides is 1. The van der Waals surface area contributed by atoms with E-state index in [0.29, 0.717) is 40.9 Å². The molecule has 1 aliphatic heterocycles. The standard InChI is InChI=1S/C25H21N3O4S/c1-4-28-19-12-9-15(13-22(19)33-21-8-6-5-7-18(21)25(28)29)23-26-24(32-27-23)17-11-10-16(30-2)14-20(17)31-3/h5-14H,4H2,1-3H3. The molecule has 1 aliphatic rings. The topological polar surface area (TPSA) is 77.7 Å². The highest BCUT2D eigenvalue weighted by Gasteiger charge is 2.27. The van der Waals surface area contributed by atoms with E-state index in [9.17, 15) is 4.79 Å². The minimum atomic E-state index is 0.000508. The second-order valence-corrected chi connectivity index (χ2v) is 8.40. The van der Waals surface area contributed by atoms with Crippen LogP contribution in [0.4, 0.5) is 5.69 Å². The SMILES string of the molecule is CCN1C(=O)c2ccccc2Sc2cc(-c3noc(-c4ccc(OC)cc4OC)n3)ccc21. The summed E-state index contributed by atoms with van der Waals surface area (Å²) in [6.07, 6.45) is 0. The average Bonchev–Trinajstić information content (AvgIpc) is 3.31. The first-order valence-corrected chi connectivity index (χ1v) is 11.2. The molecule has 4 aromatic rings. The molecule has 0 fully saturated rings. The number of carbonyl (C=O) groups excluding carboxylic acids is 1. The second kappa shape index (κ2) is 8.63. The van der Waals surface area contributed by atoms with Crippen LogP contribution >= 0.6 is 11.8 Å². The van der Waals surface area contributed by atoms with Gasteiger partial charge in [0.1, 0.15) is 11.5 Å². The van der Waals surface area contributed by atoms with Crippen LogP contribution < -0.4 is 14.4 Å². The molecule has 0 bridgehead atoms. The summed E-state index contributed by atoms with van der Waals surface area (Å²) in [6, 6.07) is 18.9. The van der Waals surface area contributed by atoms with Crippen LogP contribution in [-0.2, 0) is 0 Å². The summed E-state index contributed by atoms with van der Waals surface area (Å²) in [5.74, 6) is 2.06. The molecule has 0 saturated carbocycles. The molecule has 3 aromatic carbocycles. The Morgan fingerprint density at radius 1 is 0.970 bits per heavy atom. The fourth-order valence-electron chi connectivity index (χ4n) is 3.80. The summed E-state index contributed by atoms with van der Waals surface area (Å²) >= 11 is 1.57. The predicted octanol–water partition coefficient (Wildman–Crippen LogP) is 5.55. The minimum Gasteiger partial charge on any atom is -0.497 e. The van der Waals surface area contributed by atoms with Crippen molar-refractivity contribution in [3.63, 3.8) is 0 Å². The minimum absolute atomic E-state index is 0.000508. The van der Waals surface area contributed by atoms with Gasteiger partial charge in [-0.1, -0.05) is 29.1 Å².